The van der Waals surface area contributed by atoms with Gasteiger partial charge in [0.05, 0.1) is 0 Å². The molecule has 0 saturated heterocycles. The number of rotatable bonds is 7. The minimum absolute atomic E-state index is 0.0326. The fraction of sp³-hybridized carbons (Fsp3) is 0.412. The van der Waals surface area contributed by atoms with Crippen LogP contribution in [0.15, 0.2) is 66.7 Å². The lowest BCUT2D eigenvalue weighted by Gasteiger charge is -2.37. The zero-order chi connectivity index (χ0) is 30.4. The summed E-state index contributed by atoms with van der Waals surface area (Å²) in [5.74, 6) is 2.17. The van der Waals surface area contributed by atoms with Gasteiger partial charge in [0.15, 0.2) is 0 Å². The maximum Gasteiger partial charge on any atom is 0.250 e. The molecule has 1 heterocycles. The average Bonchev–Trinajstić information content (AvgIpc) is 2.86. The van der Waals surface area contributed by atoms with Gasteiger partial charge in [-0.2, -0.15) is 0 Å². The molecule has 0 spiro atoms. The van der Waals surface area contributed by atoms with E-state index >= 15 is 0 Å². The summed E-state index contributed by atoms with van der Waals surface area (Å²) >= 11 is 0. The Morgan fingerprint density at radius 1 is 0.732 bits per heavy atom. The van der Waals surface area contributed by atoms with Crippen LogP contribution < -0.4 is 13.6 Å². The number of hydrogen-bond acceptors (Lipinski definition) is 5. The SMILES string of the molecule is CC(C)(C)[Si](C)(C)Oc1ccc(C2=C(C(O)c3ccccc3)c3ccc(O[Si](C)(C)C(C)(C)C)cc3OC2)c(O)c1. The van der Waals surface area contributed by atoms with E-state index in [1.165, 1.54) is 0 Å². The van der Waals surface area contributed by atoms with E-state index in [2.05, 4.69) is 67.7 Å². The number of aromatic hydroxyl groups is 1. The van der Waals surface area contributed by atoms with Gasteiger partial charge in [-0.25, -0.2) is 0 Å². The van der Waals surface area contributed by atoms with Crippen molar-refractivity contribution in [2.45, 2.75) is 83.9 Å². The first-order valence-electron chi connectivity index (χ1n) is 14.4. The van der Waals surface area contributed by atoms with Gasteiger partial charge < -0.3 is 23.8 Å². The van der Waals surface area contributed by atoms with Crippen LogP contribution in [0.4, 0.5) is 0 Å². The molecule has 41 heavy (non-hydrogen) atoms. The Morgan fingerprint density at radius 2 is 1.24 bits per heavy atom. The number of ether oxygens (including phenoxy) is 1. The van der Waals surface area contributed by atoms with Crippen LogP contribution in [0.3, 0.4) is 0 Å². The van der Waals surface area contributed by atoms with Crippen molar-refractivity contribution in [3.63, 3.8) is 0 Å². The van der Waals surface area contributed by atoms with Crippen molar-refractivity contribution in [2.24, 2.45) is 0 Å². The van der Waals surface area contributed by atoms with Crippen molar-refractivity contribution in [1.82, 2.24) is 0 Å². The Bertz CT molecular complexity index is 1430. The molecule has 0 radical (unpaired) electrons. The molecule has 3 aromatic rings. The first kappa shape index (κ1) is 30.9. The lowest BCUT2D eigenvalue weighted by molar-refractivity contribution is 0.235. The van der Waals surface area contributed by atoms with Gasteiger partial charge in [-0.05, 0) is 66.1 Å². The van der Waals surface area contributed by atoms with Crippen molar-refractivity contribution >= 4 is 27.8 Å². The van der Waals surface area contributed by atoms with Crippen molar-refractivity contribution in [1.29, 1.82) is 0 Å². The van der Waals surface area contributed by atoms with Crippen LogP contribution in [0.5, 0.6) is 23.0 Å². The van der Waals surface area contributed by atoms with Gasteiger partial charge in [0, 0.05) is 34.4 Å². The van der Waals surface area contributed by atoms with Crippen LogP contribution in [-0.4, -0.2) is 33.5 Å². The Labute approximate surface area is 248 Å². The highest BCUT2D eigenvalue weighted by Crippen LogP contribution is 2.48. The van der Waals surface area contributed by atoms with E-state index in [0.717, 1.165) is 22.4 Å². The fourth-order valence-electron chi connectivity index (χ4n) is 4.36. The second kappa shape index (κ2) is 11.0. The molecule has 0 fully saturated rings. The van der Waals surface area contributed by atoms with E-state index in [9.17, 15) is 10.2 Å². The minimum atomic E-state index is -2.08. The lowest BCUT2D eigenvalue weighted by atomic mass is 9.86. The maximum absolute atomic E-state index is 11.7. The topological polar surface area (TPSA) is 68.2 Å². The third kappa shape index (κ3) is 6.42. The molecule has 1 aliphatic rings. The van der Waals surface area contributed by atoms with Crippen LogP contribution >= 0.6 is 0 Å². The highest BCUT2D eigenvalue weighted by Gasteiger charge is 2.40. The van der Waals surface area contributed by atoms with E-state index in [1.807, 2.05) is 60.7 Å². The summed E-state index contributed by atoms with van der Waals surface area (Å²) in [4.78, 5) is 0. The standard InChI is InChI=1S/C34H46O5Si2/c1-33(2,3)40(7,8)38-24-16-18-26(29(35)20-24)28-22-37-30-21-25(39-41(9,10)34(4,5)6)17-19-27(30)31(28)32(36)23-14-12-11-13-15-23/h11-21,32,35-36H,22H2,1-10H3. The molecule has 1 atom stereocenters. The van der Waals surface area contributed by atoms with Crippen LogP contribution in [0.25, 0.3) is 11.1 Å². The molecule has 1 aliphatic heterocycles. The predicted molar refractivity (Wildman–Crippen MR) is 174 cm³/mol. The van der Waals surface area contributed by atoms with Gasteiger partial charge in [-0.3, -0.25) is 0 Å². The number of benzene rings is 3. The zero-order valence-electron chi connectivity index (χ0n) is 26.3. The Balaban J connectivity index is 1.80. The first-order chi connectivity index (χ1) is 18.9. The van der Waals surface area contributed by atoms with Crippen LogP contribution in [-0.2, 0) is 0 Å². The first-order valence-corrected chi connectivity index (χ1v) is 20.2. The highest BCUT2D eigenvalue weighted by atomic mass is 28.4. The van der Waals surface area contributed by atoms with Crippen molar-refractivity contribution < 1.29 is 23.8 Å². The Morgan fingerprint density at radius 3 is 1.76 bits per heavy atom. The third-order valence-electron chi connectivity index (χ3n) is 8.98. The molecule has 0 bridgehead atoms. The van der Waals surface area contributed by atoms with Crippen LogP contribution in [0.2, 0.25) is 36.3 Å². The van der Waals surface area contributed by atoms with E-state index in [1.54, 1.807) is 6.07 Å². The van der Waals surface area contributed by atoms with Crippen molar-refractivity contribution in [2.75, 3.05) is 6.61 Å². The molecular formula is C34H46O5Si2. The molecule has 0 saturated carbocycles. The molecule has 3 aromatic carbocycles. The van der Waals surface area contributed by atoms with E-state index in [-0.39, 0.29) is 22.4 Å². The zero-order valence-corrected chi connectivity index (χ0v) is 28.3. The predicted octanol–water partition coefficient (Wildman–Crippen LogP) is 9.20. The molecular weight excluding hydrogens is 545 g/mol. The van der Waals surface area contributed by atoms with E-state index < -0.39 is 22.7 Å². The molecule has 220 valence electrons. The molecule has 7 heteroatoms. The summed E-state index contributed by atoms with van der Waals surface area (Å²) in [5, 5.41) is 23.1. The molecule has 5 nitrogen and oxygen atoms in total. The summed E-state index contributed by atoms with van der Waals surface area (Å²) in [6.07, 6.45) is -0.913. The summed E-state index contributed by atoms with van der Waals surface area (Å²) in [5.41, 5.74) is 3.62. The molecule has 0 aromatic heterocycles. The van der Waals surface area contributed by atoms with Crippen molar-refractivity contribution in [3.05, 3.63) is 83.4 Å². The molecule has 0 amide bonds. The van der Waals surface area contributed by atoms with Gasteiger partial charge in [0.25, 0.3) is 0 Å². The molecule has 2 N–H and O–H groups in total. The quantitative estimate of drug-likeness (QED) is 0.269. The molecule has 1 unspecified atom stereocenters. The summed E-state index contributed by atoms with van der Waals surface area (Å²) in [6, 6.07) is 20.9. The summed E-state index contributed by atoms with van der Waals surface area (Å²) in [6.45, 7) is 22.2. The number of aliphatic hydroxyl groups is 1. The summed E-state index contributed by atoms with van der Waals surface area (Å²) in [7, 11) is -4.13. The molecule has 0 aliphatic carbocycles. The Hall–Kier alpha value is -3.01. The van der Waals surface area contributed by atoms with E-state index in [4.69, 9.17) is 13.6 Å². The van der Waals surface area contributed by atoms with Gasteiger partial charge >= 0.3 is 0 Å². The second-order valence-electron chi connectivity index (χ2n) is 14.1. The average molecular weight is 591 g/mol. The van der Waals surface area contributed by atoms with Crippen molar-refractivity contribution in [3.8, 4) is 23.0 Å². The number of phenolic OH excluding ortho intramolecular Hbond substituents is 1. The smallest absolute Gasteiger partial charge is 0.250 e. The van der Waals surface area contributed by atoms with Crippen LogP contribution in [0, 0.1) is 0 Å². The minimum Gasteiger partial charge on any atom is -0.543 e. The normalized spacial score (nSPS) is 15.2. The fourth-order valence-corrected chi connectivity index (χ4v) is 6.41. The number of aliphatic hydroxyl groups excluding tert-OH is 1. The van der Waals surface area contributed by atoms with Crippen LogP contribution in [0.1, 0.15) is 64.3 Å². The number of phenols is 1. The largest absolute Gasteiger partial charge is 0.543 e. The van der Waals surface area contributed by atoms with Gasteiger partial charge in [0.1, 0.15) is 35.7 Å². The number of fused-ring (bicyclic) bond motifs is 1. The highest BCUT2D eigenvalue weighted by molar-refractivity contribution is 6.75. The van der Waals surface area contributed by atoms with Gasteiger partial charge in [-0.15, -0.1) is 0 Å². The third-order valence-corrected chi connectivity index (χ3v) is 17.7. The maximum atomic E-state index is 11.7. The molecule has 4 rings (SSSR count). The lowest BCUT2D eigenvalue weighted by Crippen LogP contribution is -2.43. The summed E-state index contributed by atoms with van der Waals surface area (Å²) < 4.78 is 19.3. The monoisotopic (exact) mass is 590 g/mol. The van der Waals surface area contributed by atoms with E-state index in [0.29, 0.717) is 22.6 Å². The van der Waals surface area contributed by atoms with Gasteiger partial charge in [-0.1, -0.05) is 71.9 Å². The second-order valence-corrected chi connectivity index (χ2v) is 23.5. The van der Waals surface area contributed by atoms with Gasteiger partial charge in [0.2, 0.25) is 16.6 Å². The Kier molecular flexibility index (Phi) is 8.30. The number of hydrogen-bond donors (Lipinski definition) is 2.